The normalized spacial score (nSPS) is 9.18. The molecule has 0 atom stereocenters. The number of hydrogen-bond acceptors (Lipinski definition) is 3. The van der Waals surface area contributed by atoms with Crippen molar-refractivity contribution in [2.24, 2.45) is 0 Å². The number of ether oxygens (including phenoxy) is 1. The Morgan fingerprint density at radius 2 is 2.00 bits per heavy atom. The van der Waals surface area contributed by atoms with Crippen LogP contribution in [0.1, 0.15) is 0 Å². The minimum atomic E-state index is -0.552. The first-order valence-electron chi connectivity index (χ1n) is 5.11. The van der Waals surface area contributed by atoms with E-state index in [1.165, 1.54) is 0 Å². The van der Waals surface area contributed by atoms with Crippen LogP contribution in [0.15, 0.2) is 43.0 Å². The van der Waals surface area contributed by atoms with Crippen molar-refractivity contribution >= 4 is 17.7 Å². The zero-order valence-corrected chi connectivity index (χ0v) is 9.31. The molecule has 0 radical (unpaired) electrons. The van der Waals surface area contributed by atoms with Gasteiger partial charge in [0.15, 0.2) is 0 Å². The Labute approximate surface area is 99.5 Å². The molecule has 0 aliphatic heterocycles. The van der Waals surface area contributed by atoms with Crippen LogP contribution in [-0.4, -0.2) is 25.2 Å². The van der Waals surface area contributed by atoms with Gasteiger partial charge in [-0.25, -0.2) is 4.79 Å². The van der Waals surface area contributed by atoms with Crippen molar-refractivity contribution in [2.45, 2.75) is 0 Å². The second kappa shape index (κ2) is 7.05. The number of carbonyl (C=O) groups excluding carboxylic acids is 2. The Bertz CT molecular complexity index is 390. The summed E-state index contributed by atoms with van der Waals surface area (Å²) in [5.74, 6) is -0.294. The molecule has 17 heavy (non-hydrogen) atoms. The minimum absolute atomic E-state index is 0.109. The molecule has 0 saturated carbocycles. The van der Waals surface area contributed by atoms with Crippen LogP contribution < -0.4 is 10.6 Å². The van der Waals surface area contributed by atoms with Gasteiger partial charge in [0.05, 0.1) is 6.54 Å². The molecular formula is C12H14N2O3. The van der Waals surface area contributed by atoms with E-state index < -0.39 is 6.09 Å². The van der Waals surface area contributed by atoms with Gasteiger partial charge in [0.25, 0.3) is 0 Å². The fourth-order valence-electron chi connectivity index (χ4n) is 1.07. The van der Waals surface area contributed by atoms with Crippen LogP contribution in [0.4, 0.5) is 10.5 Å². The van der Waals surface area contributed by atoms with Gasteiger partial charge < -0.3 is 10.1 Å². The summed E-state index contributed by atoms with van der Waals surface area (Å²) in [5, 5.41) is 5.04. The van der Waals surface area contributed by atoms with Crippen LogP contribution in [0.2, 0.25) is 0 Å². The smallest absolute Gasteiger partial charge is 0.411 e. The molecule has 0 aliphatic carbocycles. The van der Waals surface area contributed by atoms with E-state index in [1.807, 2.05) is 6.07 Å². The first-order valence-corrected chi connectivity index (χ1v) is 5.11. The number of rotatable bonds is 5. The molecule has 5 heteroatoms. The predicted molar refractivity (Wildman–Crippen MR) is 64.6 cm³/mol. The predicted octanol–water partition coefficient (Wildman–Crippen LogP) is 1.54. The van der Waals surface area contributed by atoms with Crippen molar-refractivity contribution in [3.8, 4) is 0 Å². The van der Waals surface area contributed by atoms with E-state index in [4.69, 9.17) is 4.74 Å². The summed E-state index contributed by atoms with van der Waals surface area (Å²) >= 11 is 0. The van der Waals surface area contributed by atoms with Gasteiger partial charge in [0, 0.05) is 5.69 Å². The van der Waals surface area contributed by atoms with Crippen molar-refractivity contribution in [3.63, 3.8) is 0 Å². The average molecular weight is 234 g/mol. The number of carbonyl (C=O) groups is 2. The Morgan fingerprint density at radius 1 is 1.29 bits per heavy atom. The molecule has 0 saturated heterocycles. The molecule has 1 aromatic carbocycles. The standard InChI is InChI=1S/C12H14N2O3/c1-2-11(15)13-8-9-17-12(16)14-10-6-4-3-5-7-10/h2-7H,1,8-9H2,(H,13,15)(H,14,16). The zero-order valence-electron chi connectivity index (χ0n) is 9.31. The molecule has 2 amide bonds. The average Bonchev–Trinajstić information content (AvgIpc) is 2.35. The van der Waals surface area contributed by atoms with Crippen molar-refractivity contribution in [3.05, 3.63) is 43.0 Å². The molecule has 90 valence electrons. The van der Waals surface area contributed by atoms with E-state index in [0.29, 0.717) is 5.69 Å². The Kier molecular flexibility index (Phi) is 5.30. The minimum Gasteiger partial charge on any atom is -0.447 e. The molecule has 2 N–H and O–H groups in total. The highest BCUT2D eigenvalue weighted by atomic mass is 16.5. The summed E-state index contributed by atoms with van der Waals surface area (Å²) in [6.07, 6.45) is 0.605. The van der Waals surface area contributed by atoms with Gasteiger partial charge in [-0.15, -0.1) is 0 Å². The van der Waals surface area contributed by atoms with E-state index in [1.54, 1.807) is 24.3 Å². The molecule has 0 spiro atoms. The van der Waals surface area contributed by atoms with Crippen molar-refractivity contribution in [1.82, 2.24) is 5.32 Å². The van der Waals surface area contributed by atoms with Gasteiger partial charge in [-0.2, -0.15) is 0 Å². The largest absolute Gasteiger partial charge is 0.447 e. The van der Waals surface area contributed by atoms with E-state index in [0.717, 1.165) is 6.08 Å². The second-order valence-electron chi connectivity index (χ2n) is 3.12. The highest BCUT2D eigenvalue weighted by molar-refractivity contribution is 5.87. The lowest BCUT2D eigenvalue weighted by atomic mass is 10.3. The van der Waals surface area contributed by atoms with Crippen LogP contribution >= 0.6 is 0 Å². The number of hydrogen-bond donors (Lipinski definition) is 2. The quantitative estimate of drug-likeness (QED) is 0.599. The molecule has 5 nitrogen and oxygen atoms in total. The molecule has 0 aromatic heterocycles. The summed E-state index contributed by atoms with van der Waals surface area (Å²) in [4.78, 5) is 22.0. The lowest BCUT2D eigenvalue weighted by Crippen LogP contribution is -2.27. The molecule has 0 aliphatic rings. The summed E-state index contributed by atoms with van der Waals surface area (Å²) in [6, 6.07) is 8.96. The van der Waals surface area contributed by atoms with Crippen molar-refractivity contribution < 1.29 is 14.3 Å². The third-order valence-corrected chi connectivity index (χ3v) is 1.84. The summed E-state index contributed by atoms with van der Waals surface area (Å²) in [7, 11) is 0. The van der Waals surface area contributed by atoms with Crippen LogP contribution in [0.5, 0.6) is 0 Å². The summed E-state index contributed by atoms with van der Waals surface area (Å²) in [5.41, 5.74) is 0.660. The van der Waals surface area contributed by atoms with E-state index in [-0.39, 0.29) is 19.1 Å². The SMILES string of the molecule is C=CC(=O)NCCOC(=O)Nc1ccccc1. The number of benzene rings is 1. The van der Waals surface area contributed by atoms with Crippen LogP contribution in [0.3, 0.4) is 0 Å². The lowest BCUT2D eigenvalue weighted by Gasteiger charge is -2.06. The fraction of sp³-hybridized carbons (Fsp3) is 0.167. The number of amides is 2. The first kappa shape index (κ1) is 12.8. The number of anilines is 1. The maximum atomic E-state index is 11.3. The molecule has 1 aromatic rings. The van der Waals surface area contributed by atoms with Gasteiger partial charge in [-0.3, -0.25) is 10.1 Å². The summed E-state index contributed by atoms with van der Waals surface area (Å²) in [6.45, 7) is 3.66. The molecule has 0 unspecified atom stereocenters. The maximum absolute atomic E-state index is 11.3. The topological polar surface area (TPSA) is 67.4 Å². The van der Waals surface area contributed by atoms with Crippen molar-refractivity contribution in [1.29, 1.82) is 0 Å². The molecule has 0 bridgehead atoms. The van der Waals surface area contributed by atoms with Crippen molar-refractivity contribution in [2.75, 3.05) is 18.5 Å². The third kappa shape index (κ3) is 5.36. The fourth-order valence-corrected chi connectivity index (χ4v) is 1.07. The molecule has 1 rings (SSSR count). The van der Waals surface area contributed by atoms with Gasteiger partial charge in [0.1, 0.15) is 6.61 Å². The lowest BCUT2D eigenvalue weighted by molar-refractivity contribution is -0.116. The number of nitrogens with one attached hydrogen (secondary N) is 2. The maximum Gasteiger partial charge on any atom is 0.411 e. The Morgan fingerprint density at radius 3 is 2.65 bits per heavy atom. The van der Waals surface area contributed by atoms with Crippen LogP contribution in [0, 0.1) is 0 Å². The van der Waals surface area contributed by atoms with Gasteiger partial charge in [-0.1, -0.05) is 24.8 Å². The van der Waals surface area contributed by atoms with Gasteiger partial charge >= 0.3 is 6.09 Å². The highest BCUT2D eigenvalue weighted by Crippen LogP contribution is 2.04. The second-order valence-corrected chi connectivity index (χ2v) is 3.12. The van der Waals surface area contributed by atoms with Gasteiger partial charge in [0.2, 0.25) is 5.91 Å². The highest BCUT2D eigenvalue weighted by Gasteiger charge is 2.02. The third-order valence-electron chi connectivity index (χ3n) is 1.84. The zero-order chi connectivity index (χ0) is 12.5. The molecule has 0 fully saturated rings. The molecular weight excluding hydrogens is 220 g/mol. The Balaban J connectivity index is 2.18. The Hall–Kier alpha value is -2.30. The monoisotopic (exact) mass is 234 g/mol. The van der Waals surface area contributed by atoms with E-state index in [9.17, 15) is 9.59 Å². The van der Waals surface area contributed by atoms with Gasteiger partial charge in [-0.05, 0) is 18.2 Å². The molecule has 0 heterocycles. The first-order chi connectivity index (χ1) is 8.22. The van der Waals surface area contributed by atoms with Crippen LogP contribution in [0.25, 0.3) is 0 Å². The van der Waals surface area contributed by atoms with E-state index >= 15 is 0 Å². The summed E-state index contributed by atoms with van der Waals surface area (Å²) < 4.78 is 4.84. The van der Waals surface area contributed by atoms with E-state index in [2.05, 4.69) is 17.2 Å². The number of para-hydroxylation sites is 1. The van der Waals surface area contributed by atoms with Crippen LogP contribution in [-0.2, 0) is 9.53 Å².